The van der Waals surface area contributed by atoms with Crippen LogP contribution >= 0.6 is 23.9 Å². The van der Waals surface area contributed by atoms with Crippen LogP contribution in [0.2, 0.25) is 0 Å². The van der Waals surface area contributed by atoms with Crippen molar-refractivity contribution >= 4 is 56.2 Å². The number of benzene rings is 6. The third-order valence-corrected chi connectivity index (χ3v) is 12.9. The van der Waals surface area contributed by atoms with E-state index in [2.05, 4.69) is 9.80 Å². The highest BCUT2D eigenvalue weighted by Gasteiger charge is 2.46. The van der Waals surface area contributed by atoms with Gasteiger partial charge in [0.05, 0.1) is 0 Å². The second-order valence-corrected chi connectivity index (χ2v) is 15.7. The first kappa shape index (κ1) is 36.4. The van der Waals surface area contributed by atoms with Crippen LogP contribution in [0.3, 0.4) is 0 Å². The zero-order valence-electron chi connectivity index (χ0n) is 30.1. The number of nitrogens with zero attached hydrogens (tertiary/aromatic N) is 4. The lowest BCUT2D eigenvalue weighted by Gasteiger charge is -2.45. The van der Waals surface area contributed by atoms with Crippen LogP contribution in [0.15, 0.2) is 158 Å². The molecule has 9 rings (SSSR count). The third-order valence-electron chi connectivity index (χ3n) is 10.4. The lowest BCUT2D eigenvalue weighted by Crippen LogP contribution is -2.58. The molecule has 6 aromatic rings. The van der Waals surface area contributed by atoms with Gasteiger partial charge >= 0.3 is 0 Å². The molecule has 3 aliphatic rings. The first-order valence-corrected chi connectivity index (χ1v) is 20.0. The Balaban J connectivity index is 1.14. The number of hydrogen-bond acceptors (Lipinski definition) is 6. The Kier molecular flexibility index (Phi) is 10.2. The maximum atomic E-state index is 15.8. The maximum Gasteiger partial charge on any atom is 0.150 e. The van der Waals surface area contributed by atoms with Gasteiger partial charge in [0, 0.05) is 47.1 Å². The molecule has 1 saturated heterocycles. The van der Waals surface area contributed by atoms with Crippen molar-refractivity contribution in [2.45, 2.75) is 12.3 Å². The molecule has 0 amide bonds. The molecule has 10 heteroatoms. The van der Waals surface area contributed by atoms with E-state index in [-0.39, 0.29) is 11.4 Å². The summed E-state index contributed by atoms with van der Waals surface area (Å²) in [5.74, 6) is -2.56. The molecule has 3 heterocycles. The fraction of sp³-hybridized carbons (Fsp3) is 0.130. The molecule has 0 spiro atoms. The van der Waals surface area contributed by atoms with Gasteiger partial charge in [-0.15, -0.1) is 0 Å². The lowest BCUT2D eigenvalue weighted by atomic mass is 9.97. The molecule has 4 nitrogen and oxygen atoms in total. The zero-order valence-corrected chi connectivity index (χ0v) is 31.7. The van der Waals surface area contributed by atoms with Crippen molar-refractivity contribution in [3.63, 3.8) is 0 Å². The van der Waals surface area contributed by atoms with Crippen molar-refractivity contribution < 1.29 is 17.6 Å². The molecule has 0 bridgehead atoms. The van der Waals surface area contributed by atoms with Crippen molar-refractivity contribution in [1.29, 1.82) is 0 Å². The molecule has 0 aliphatic carbocycles. The topological polar surface area (TPSA) is 13.0 Å². The summed E-state index contributed by atoms with van der Waals surface area (Å²) in [7, 11) is 0. The van der Waals surface area contributed by atoms with E-state index < -0.39 is 35.6 Å². The summed E-state index contributed by atoms with van der Waals surface area (Å²) in [6, 6.07) is 47.9. The Bertz CT molecular complexity index is 2200. The van der Waals surface area contributed by atoms with Gasteiger partial charge in [0.25, 0.3) is 0 Å². The minimum atomic E-state index is -0.639. The quantitative estimate of drug-likeness (QED) is 0.112. The molecule has 2 unspecified atom stereocenters. The summed E-state index contributed by atoms with van der Waals surface area (Å²) in [4.78, 5) is 6.38. The molecular weight excluding hydrogens is 749 g/mol. The van der Waals surface area contributed by atoms with E-state index in [0.717, 1.165) is 43.2 Å². The predicted octanol–water partition coefficient (Wildman–Crippen LogP) is 11.3. The molecule has 6 aromatic carbocycles. The standard InChI is InChI=1S/C46H36F4N4S2/c47-35-23-13-24-36(48)41(35)53-45(39(31-15-5-1-6-16-31)43(55-53)33-19-9-3-10-20-33)51-27-29-52(30-28-51)46-40(32-17-7-2-8-18-32)44(34-21-11-4-12-22-34)56-54(46)42-37(49)25-14-26-38(42)50/h1-26,45-46H,27-30H2. The number of anilines is 2. The molecule has 1 fully saturated rings. The van der Waals surface area contributed by atoms with Gasteiger partial charge in [-0.05, 0) is 70.4 Å². The average Bonchev–Trinajstić information content (AvgIpc) is 3.82. The number of piperazine rings is 1. The summed E-state index contributed by atoms with van der Waals surface area (Å²) in [5.41, 5.74) is 5.55. The van der Waals surface area contributed by atoms with E-state index in [0.29, 0.717) is 26.2 Å². The van der Waals surface area contributed by atoms with Crippen LogP contribution in [-0.2, 0) is 0 Å². The normalized spacial score (nSPS) is 19.4. The van der Waals surface area contributed by atoms with Crippen LogP contribution in [0.5, 0.6) is 0 Å². The summed E-state index contributed by atoms with van der Waals surface area (Å²) < 4.78 is 66.8. The highest BCUT2D eigenvalue weighted by molar-refractivity contribution is 8.10. The van der Waals surface area contributed by atoms with Gasteiger partial charge in [0.1, 0.15) is 47.0 Å². The van der Waals surface area contributed by atoms with Crippen LogP contribution in [0.1, 0.15) is 22.3 Å². The van der Waals surface area contributed by atoms with Crippen LogP contribution in [0.25, 0.3) is 21.0 Å². The van der Waals surface area contributed by atoms with Gasteiger partial charge < -0.3 is 0 Å². The highest BCUT2D eigenvalue weighted by Crippen LogP contribution is 2.54. The van der Waals surface area contributed by atoms with E-state index in [9.17, 15) is 0 Å². The monoisotopic (exact) mass is 784 g/mol. The molecule has 0 saturated carbocycles. The lowest BCUT2D eigenvalue weighted by molar-refractivity contribution is 0.106. The molecule has 280 valence electrons. The average molecular weight is 785 g/mol. The van der Waals surface area contributed by atoms with Gasteiger partial charge in [0.2, 0.25) is 0 Å². The second kappa shape index (κ2) is 15.7. The molecule has 3 aliphatic heterocycles. The predicted molar refractivity (Wildman–Crippen MR) is 223 cm³/mol. The van der Waals surface area contributed by atoms with Gasteiger partial charge in [0.15, 0.2) is 0 Å². The summed E-state index contributed by atoms with van der Waals surface area (Å²) in [5, 5.41) is 0. The highest BCUT2D eigenvalue weighted by atomic mass is 32.2. The summed E-state index contributed by atoms with van der Waals surface area (Å²) in [6.45, 7) is 2.03. The summed E-state index contributed by atoms with van der Waals surface area (Å²) >= 11 is 2.70. The summed E-state index contributed by atoms with van der Waals surface area (Å²) in [6.07, 6.45) is -1.07. The number of hydrogen-bond donors (Lipinski definition) is 0. The minimum absolute atomic E-state index is 0.0977. The molecule has 0 N–H and O–H groups in total. The smallest absolute Gasteiger partial charge is 0.150 e. The van der Waals surface area contributed by atoms with E-state index >= 15 is 17.6 Å². The maximum absolute atomic E-state index is 15.8. The Morgan fingerprint density at radius 2 is 0.643 bits per heavy atom. The fourth-order valence-corrected chi connectivity index (χ4v) is 10.6. The van der Waals surface area contributed by atoms with Crippen molar-refractivity contribution in [2.24, 2.45) is 0 Å². The van der Waals surface area contributed by atoms with E-state index in [4.69, 9.17) is 0 Å². The molecule has 0 radical (unpaired) electrons. The van der Waals surface area contributed by atoms with E-state index in [1.54, 1.807) is 8.61 Å². The number of rotatable bonds is 8. The van der Waals surface area contributed by atoms with E-state index in [1.807, 2.05) is 121 Å². The largest absolute Gasteiger partial charge is 0.285 e. The van der Waals surface area contributed by atoms with Crippen LogP contribution < -0.4 is 8.61 Å². The third kappa shape index (κ3) is 6.70. The Morgan fingerprint density at radius 3 is 0.946 bits per heavy atom. The minimum Gasteiger partial charge on any atom is -0.285 e. The zero-order chi connectivity index (χ0) is 38.2. The second-order valence-electron chi connectivity index (χ2n) is 13.7. The van der Waals surface area contributed by atoms with E-state index in [1.165, 1.54) is 60.3 Å². The van der Waals surface area contributed by atoms with Gasteiger partial charge in [-0.3, -0.25) is 18.4 Å². The van der Waals surface area contributed by atoms with Gasteiger partial charge in [-0.2, -0.15) is 0 Å². The van der Waals surface area contributed by atoms with Gasteiger partial charge in [-0.25, -0.2) is 17.6 Å². The molecule has 0 aromatic heterocycles. The Morgan fingerprint density at radius 1 is 0.357 bits per heavy atom. The fourth-order valence-electron chi connectivity index (χ4n) is 7.88. The van der Waals surface area contributed by atoms with Crippen LogP contribution in [0, 0.1) is 23.3 Å². The molecule has 56 heavy (non-hydrogen) atoms. The van der Waals surface area contributed by atoms with Crippen molar-refractivity contribution in [2.75, 3.05) is 34.8 Å². The molecule has 2 atom stereocenters. The van der Waals surface area contributed by atoms with Crippen molar-refractivity contribution in [3.8, 4) is 0 Å². The Hall–Kier alpha value is -5.26. The number of para-hydroxylation sites is 2. The first-order valence-electron chi connectivity index (χ1n) is 18.5. The number of halogens is 4. The van der Waals surface area contributed by atoms with Crippen molar-refractivity contribution in [1.82, 2.24) is 9.80 Å². The SMILES string of the molecule is Fc1cccc(F)c1N1SC(c2ccccc2)=C(c2ccccc2)C1N1CCN(C2C(c3ccccc3)=C(c3ccccc3)SN2c2c(F)cccc2F)CC1. The van der Waals surface area contributed by atoms with Gasteiger partial charge in [-0.1, -0.05) is 133 Å². The molecular formula is C46H36F4N4S2. The van der Waals surface area contributed by atoms with Crippen LogP contribution in [-0.4, -0.2) is 48.3 Å². The van der Waals surface area contributed by atoms with Crippen LogP contribution in [0.4, 0.5) is 28.9 Å². The first-order chi connectivity index (χ1) is 27.5. The Labute approximate surface area is 332 Å². The van der Waals surface area contributed by atoms with Crippen molar-refractivity contribution in [3.05, 3.63) is 203 Å².